The number of rotatable bonds is 6. The first kappa shape index (κ1) is 22.3. The molecule has 1 aromatic heterocycles. The first-order valence-corrected chi connectivity index (χ1v) is 11.3. The second-order valence-electron chi connectivity index (χ2n) is 7.22. The Morgan fingerprint density at radius 1 is 1.03 bits per heavy atom. The summed E-state index contributed by atoms with van der Waals surface area (Å²) in [6.07, 6.45) is 0. The van der Waals surface area contributed by atoms with E-state index in [1.165, 1.54) is 12.1 Å². The smallest absolute Gasteiger partial charge is 0.335 e. The molecule has 0 spiro atoms. The van der Waals surface area contributed by atoms with Crippen LogP contribution < -0.4 is 4.74 Å². The highest BCUT2D eigenvalue weighted by Gasteiger charge is 2.16. The van der Waals surface area contributed by atoms with E-state index < -0.39 is 5.97 Å². The zero-order chi connectivity index (χ0) is 22.8. The average Bonchev–Trinajstić information content (AvgIpc) is 3.16. The summed E-state index contributed by atoms with van der Waals surface area (Å²) in [6, 6.07) is 20.9. The Bertz CT molecular complexity index is 1320. The van der Waals surface area contributed by atoms with E-state index in [1.807, 2.05) is 47.9 Å². The fourth-order valence-corrected chi connectivity index (χ4v) is 4.23. The third-order valence-corrected chi connectivity index (χ3v) is 6.30. The van der Waals surface area contributed by atoms with Crippen LogP contribution in [-0.2, 0) is 6.61 Å². The number of benzene rings is 3. The number of ether oxygens (including phenoxy) is 1. The number of hydrogen-bond donors (Lipinski definition) is 1. The molecule has 7 heteroatoms. The van der Waals surface area contributed by atoms with Gasteiger partial charge in [0, 0.05) is 31.5 Å². The van der Waals surface area contributed by atoms with Crippen LogP contribution in [0.15, 0.2) is 81.7 Å². The fraction of sp³-hybridized carbons (Fsp3) is 0.0800. The van der Waals surface area contributed by atoms with Crippen molar-refractivity contribution >= 4 is 37.8 Å². The van der Waals surface area contributed by atoms with Crippen molar-refractivity contribution in [3.8, 4) is 22.7 Å². The molecule has 4 rings (SSSR count). The summed E-state index contributed by atoms with van der Waals surface area (Å²) < 4.78 is 23.4. The zero-order valence-corrected chi connectivity index (χ0v) is 20.2. The van der Waals surface area contributed by atoms with Crippen molar-refractivity contribution in [2.75, 3.05) is 0 Å². The summed E-state index contributed by atoms with van der Waals surface area (Å²) in [7, 11) is 0. The van der Waals surface area contributed by atoms with E-state index in [4.69, 9.17) is 4.74 Å². The molecule has 0 saturated heterocycles. The normalized spacial score (nSPS) is 10.9. The van der Waals surface area contributed by atoms with Crippen molar-refractivity contribution in [1.29, 1.82) is 0 Å². The molecule has 32 heavy (non-hydrogen) atoms. The van der Waals surface area contributed by atoms with Gasteiger partial charge in [0.1, 0.15) is 18.2 Å². The summed E-state index contributed by atoms with van der Waals surface area (Å²) in [5, 5.41) is 9.40. The molecule has 0 saturated carbocycles. The molecule has 3 aromatic carbocycles. The van der Waals surface area contributed by atoms with Crippen LogP contribution in [0.25, 0.3) is 16.9 Å². The molecule has 0 aliphatic carbocycles. The van der Waals surface area contributed by atoms with Crippen molar-refractivity contribution in [3.05, 3.63) is 104 Å². The summed E-state index contributed by atoms with van der Waals surface area (Å²) in [5.41, 5.74) is 4.26. The van der Waals surface area contributed by atoms with E-state index >= 15 is 0 Å². The number of aryl methyl sites for hydroxylation is 1. The molecule has 0 atom stereocenters. The van der Waals surface area contributed by atoms with E-state index in [0.29, 0.717) is 11.3 Å². The highest BCUT2D eigenvalue weighted by Crippen LogP contribution is 2.36. The minimum atomic E-state index is -0.981. The van der Waals surface area contributed by atoms with Crippen molar-refractivity contribution in [2.24, 2.45) is 0 Å². The van der Waals surface area contributed by atoms with Gasteiger partial charge in [-0.3, -0.25) is 0 Å². The Balaban J connectivity index is 1.77. The fourth-order valence-electron chi connectivity index (χ4n) is 3.51. The Labute approximate surface area is 201 Å². The summed E-state index contributed by atoms with van der Waals surface area (Å²) >= 11 is 6.97. The van der Waals surface area contributed by atoms with E-state index in [2.05, 4.69) is 31.9 Å². The maximum atomic E-state index is 13.7. The Hall–Kier alpha value is -2.90. The Kier molecular flexibility index (Phi) is 6.48. The van der Waals surface area contributed by atoms with Gasteiger partial charge >= 0.3 is 5.97 Å². The van der Waals surface area contributed by atoms with E-state index in [0.717, 1.165) is 31.6 Å². The lowest BCUT2D eigenvalue weighted by Crippen LogP contribution is -2.04. The van der Waals surface area contributed by atoms with Crippen molar-refractivity contribution in [1.82, 2.24) is 4.57 Å². The molecule has 0 unspecified atom stereocenters. The molecular formula is C25H18Br2FNO3. The van der Waals surface area contributed by atoms with Crippen molar-refractivity contribution < 1.29 is 19.0 Å². The highest BCUT2D eigenvalue weighted by molar-refractivity contribution is 9.10. The monoisotopic (exact) mass is 557 g/mol. The molecular weight excluding hydrogens is 541 g/mol. The topological polar surface area (TPSA) is 51.5 Å². The lowest BCUT2D eigenvalue weighted by molar-refractivity contribution is 0.0697. The molecule has 4 nitrogen and oxygen atoms in total. The first-order chi connectivity index (χ1) is 15.3. The second-order valence-corrected chi connectivity index (χ2v) is 8.99. The molecule has 4 aromatic rings. The quantitative estimate of drug-likeness (QED) is 0.268. The van der Waals surface area contributed by atoms with Gasteiger partial charge in [-0.25, -0.2) is 9.18 Å². The van der Waals surface area contributed by atoms with Crippen LogP contribution in [0, 0.1) is 12.7 Å². The SMILES string of the molecule is Cc1ccc(-c2cc(Br)ccc2OCc2cc(F)ccc2Br)n1-c1cccc(C(=O)O)c1. The van der Waals surface area contributed by atoms with E-state index in [-0.39, 0.29) is 18.0 Å². The number of aromatic nitrogens is 1. The minimum Gasteiger partial charge on any atom is -0.488 e. The van der Waals surface area contributed by atoms with Crippen LogP contribution in [0.1, 0.15) is 21.6 Å². The van der Waals surface area contributed by atoms with Gasteiger partial charge in [0.25, 0.3) is 0 Å². The van der Waals surface area contributed by atoms with Gasteiger partial charge < -0.3 is 14.4 Å². The largest absolute Gasteiger partial charge is 0.488 e. The maximum absolute atomic E-state index is 13.7. The van der Waals surface area contributed by atoms with Crippen LogP contribution >= 0.6 is 31.9 Å². The number of aromatic carboxylic acids is 1. The average molecular weight is 559 g/mol. The summed E-state index contributed by atoms with van der Waals surface area (Å²) in [6.45, 7) is 2.14. The predicted octanol–water partition coefficient (Wildman–Crippen LogP) is 7.39. The molecule has 1 heterocycles. The van der Waals surface area contributed by atoms with Crippen molar-refractivity contribution in [3.63, 3.8) is 0 Å². The molecule has 0 amide bonds. The predicted molar refractivity (Wildman–Crippen MR) is 129 cm³/mol. The standard InChI is InChI=1S/C25H18Br2FNO3/c1-15-5-9-23(29(15)20-4-2-3-16(12-20)25(30)31)21-13-18(26)6-10-24(21)32-14-17-11-19(28)7-8-22(17)27/h2-13H,14H2,1H3,(H,30,31). The second kappa shape index (κ2) is 9.30. The summed E-state index contributed by atoms with van der Waals surface area (Å²) in [5.74, 6) is -0.686. The van der Waals surface area contributed by atoms with Crippen molar-refractivity contribution in [2.45, 2.75) is 13.5 Å². The number of hydrogen-bond acceptors (Lipinski definition) is 2. The van der Waals surface area contributed by atoms with Gasteiger partial charge in [0.05, 0.1) is 11.3 Å². The van der Waals surface area contributed by atoms with E-state index in [9.17, 15) is 14.3 Å². The van der Waals surface area contributed by atoms with Crippen LogP contribution in [-0.4, -0.2) is 15.6 Å². The van der Waals surface area contributed by atoms with Gasteiger partial charge in [0.15, 0.2) is 0 Å². The molecule has 0 aliphatic heterocycles. The Morgan fingerprint density at radius 2 is 1.84 bits per heavy atom. The van der Waals surface area contributed by atoms with Crippen LogP contribution in [0.4, 0.5) is 4.39 Å². The molecule has 1 N–H and O–H groups in total. The number of carbonyl (C=O) groups is 1. The van der Waals surface area contributed by atoms with Gasteiger partial charge in [-0.2, -0.15) is 0 Å². The third-order valence-electron chi connectivity index (χ3n) is 5.04. The first-order valence-electron chi connectivity index (χ1n) is 9.72. The van der Waals surface area contributed by atoms with Gasteiger partial charge in [0.2, 0.25) is 0 Å². The number of nitrogens with zero attached hydrogens (tertiary/aromatic N) is 1. The van der Waals surface area contributed by atoms with Crippen LogP contribution in [0.2, 0.25) is 0 Å². The third kappa shape index (κ3) is 4.64. The summed E-state index contributed by atoms with van der Waals surface area (Å²) in [4.78, 5) is 11.5. The maximum Gasteiger partial charge on any atom is 0.335 e. The molecule has 0 aliphatic rings. The number of halogens is 3. The van der Waals surface area contributed by atoms with Gasteiger partial charge in [-0.05, 0) is 73.7 Å². The van der Waals surface area contributed by atoms with E-state index in [1.54, 1.807) is 24.3 Å². The molecule has 0 fully saturated rings. The lowest BCUT2D eigenvalue weighted by Gasteiger charge is -2.17. The van der Waals surface area contributed by atoms with Gasteiger partial charge in [-0.15, -0.1) is 0 Å². The molecule has 0 radical (unpaired) electrons. The number of carboxylic acid groups (broad SMARTS) is 1. The van der Waals surface area contributed by atoms with Gasteiger partial charge in [-0.1, -0.05) is 37.9 Å². The molecule has 162 valence electrons. The highest BCUT2D eigenvalue weighted by atomic mass is 79.9. The minimum absolute atomic E-state index is 0.182. The lowest BCUT2D eigenvalue weighted by atomic mass is 10.1. The number of carboxylic acids is 1. The Morgan fingerprint density at radius 3 is 2.62 bits per heavy atom. The molecule has 0 bridgehead atoms. The van der Waals surface area contributed by atoms with Crippen LogP contribution in [0.5, 0.6) is 5.75 Å². The zero-order valence-electron chi connectivity index (χ0n) is 17.0. The van der Waals surface area contributed by atoms with Crippen LogP contribution in [0.3, 0.4) is 0 Å².